The molecule has 4 atom stereocenters. The Balaban J connectivity index is 1.46. The van der Waals surface area contributed by atoms with E-state index in [2.05, 4.69) is 10.6 Å². The number of carbonyl (C=O) groups excluding carboxylic acids is 1. The van der Waals surface area contributed by atoms with Gasteiger partial charge in [-0.15, -0.1) is 0 Å². The average Bonchev–Trinajstić information content (AvgIpc) is 3.01. The third-order valence-electron chi connectivity index (χ3n) is 4.23. The zero-order chi connectivity index (χ0) is 11.0. The standard InChI is InChI=1S/C12H20N2OS/c15-12(13-6-8-3-4-16-7-8)10-5-9-1-2-11(10)14-9/h8-11,14H,1-7H2,(H,13,15). The Kier molecular flexibility index (Phi) is 3.11. The number of hydrogen-bond donors (Lipinski definition) is 2. The lowest BCUT2D eigenvalue weighted by Gasteiger charge is -2.20. The Bertz CT molecular complexity index is 278. The largest absolute Gasteiger partial charge is 0.356 e. The molecule has 0 aromatic carbocycles. The molecule has 2 bridgehead atoms. The molecule has 4 unspecified atom stereocenters. The van der Waals surface area contributed by atoms with Crippen LogP contribution in [0.15, 0.2) is 0 Å². The van der Waals surface area contributed by atoms with E-state index >= 15 is 0 Å². The number of carbonyl (C=O) groups is 1. The number of thioether (sulfide) groups is 1. The topological polar surface area (TPSA) is 41.1 Å². The van der Waals surface area contributed by atoms with Gasteiger partial charge in [0.2, 0.25) is 5.91 Å². The van der Waals surface area contributed by atoms with Crippen molar-refractivity contribution in [2.75, 3.05) is 18.1 Å². The third-order valence-corrected chi connectivity index (χ3v) is 5.46. The van der Waals surface area contributed by atoms with Crippen LogP contribution in [0.4, 0.5) is 0 Å². The zero-order valence-corrected chi connectivity index (χ0v) is 10.4. The Morgan fingerprint density at radius 1 is 1.38 bits per heavy atom. The Hall–Kier alpha value is -0.220. The fourth-order valence-electron chi connectivity index (χ4n) is 3.23. The maximum Gasteiger partial charge on any atom is 0.224 e. The number of fused-ring (bicyclic) bond motifs is 2. The molecule has 0 aromatic heterocycles. The second-order valence-corrected chi connectivity index (χ2v) is 6.51. The smallest absolute Gasteiger partial charge is 0.224 e. The summed E-state index contributed by atoms with van der Waals surface area (Å²) in [6.07, 6.45) is 4.81. The molecule has 1 amide bonds. The molecule has 0 spiro atoms. The van der Waals surface area contributed by atoms with Crippen LogP contribution in [0.25, 0.3) is 0 Å². The van der Waals surface area contributed by atoms with Crippen LogP contribution in [0, 0.1) is 11.8 Å². The van der Waals surface area contributed by atoms with Crippen molar-refractivity contribution in [3.63, 3.8) is 0 Å². The Morgan fingerprint density at radius 2 is 2.31 bits per heavy atom. The second kappa shape index (κ2) is 4.57. The lowest BCUT2D eigenvalue weighted by molar-refractivity contribution is -0.125. The van der Waals surface area contributed by atoms with E-state index in [1.807, 2.05) is 11.8 Å². The first kappa shape index (κ1) is 10.9. The summed E-state index contributed by atoms with van der Waals surface area (Å²) in [5.74, 6) is 3.79. The summed E-state index contributed by atoms with van der Waals surface area (Å²) in [6, 6.07) is 1.10. The summed E-state index contributed by atoms with van der Waals surface area (Å²) >= 11 is 2.01. The molecule has 4 heteroatoms. The highest BCUT2D eigenvalue weighted by Crippen LogP contribution is 2.33. The van der Waals surface area contributed by atoms with Gasteiger partial charge in [-0.05, 0) is 43.1 Å². The molecule has 3 aliphatic rings. The molecule has 0 aliphatic carbocycles. The number of rotatable bonds is 3. The van der Waals surface area contributed by atoms with E-state index in [9.17, 15) is 4.79 Å². The molecule has 0 saturated carbocycles. The van der Waals surface area contributed by atoms with Crippen LogP contribution < -0.4 is 10.6 Å². The van der Waals surface area contributed by atoms with Crippen molar-refractivity contribution in [3.8, 4) is 0 Å². The first-order valence-electron chi connectivity index (χ1n) is 6.44. The van der Waals surface area contributed by atoms with Gasteiger partial charge < -0.3 is 10.6 Å². The van der Waals surface area contributed by atoms with E-state index < -0.39 is 0 Å². The van der Waals surface area contributed by atoms with Crippen molar-refractivity contribution in [1.82, 2.24) is 10.6 Å². The minimum atomic E-state index is 0.257. The van der Waals surface area contributed by atoms with Crippen molar-refractivity contribution < 1.29 is 4.79 Å². The number of amides is 1. The van der Waals surface area contributed by atoms with E-state index in [4.69, 9.17) is 0 Å². The van der Waals surface area contributed by atoms with Crippen molar-refractivity contribution in [2.24, 2.45) is 11.8 Å². The molecule has 0 radical (unpaired) electrons. The predicted octanol–water partition coefficient (Wildman–Crippen LogP) is 0.996. The van der Waals surface area contributed by atoms with E-state index in [1.54, 1.807) is 0 Å². The summed E-state index contributed by atoms with van der Waals surface area (Å²) in [5, 5.41) is 6.68. The molecular weight excluding hydrogens is 220 g/mol. The highest BCUT2D eigenvalue weighted by atomic mass is 32.2. The highest BCUT2D eigenvalue weighted by Gasteiger charge is 2.42. The lowest BCUT2D eigenvalue weighted by Crippen LogP contribution is -2.39. The van der Waals surface area contributed by atoms with Gasteiger partial charge in [-0.2, -0.15) is 11.8 Å². The number of nitrogens with one attached hydrogen (secondary N) is 2. The fourth-order valence-corrected chi connectivity index (χ4v) is 4.52. The zero-order valence-electron chi connectivity index (χ0n) is 9.58. The van der Waals surface area contributed by atoms with E-state index in [0.717, 1.165) is 18.9 Å². The molecule has 2 N–H and O–H groups in total. The van der Waals surface area contributed by atoms with Gasteiger partial charge in [0.25, 0.3) is 0 Å². The van der Waals surface area contributed by atoms with Crippen molar-refractivity contribution >= 4 is 17.7 Å². The normalized spacial score (nSPS) is 41.5. The first-order valence-corrected chi connectivity index (χ1v) is 7.60. The van der Waals surface area contributed by atoms with Crippen LogP contribution in [0.3, 0.4) is 0 Å². The number of hydrogen-bond acceptors (Lipinski definition) is 3. The minimum absolute atomic E-state index is 0.257. The Labute approximate surface area is 101 Å². The monoisotopic (exact) mass is 240 g/mol. The van der Waals surface area contributed by atoms with Crippen molar-refractivity contribution in [1.29, 1.82) is 0 Å². The molecule has 3 rings (SSSR count). The lowest BCUT2D eigenvalue weighted by atomic mass is 9.88. The minimum Gasteiger partial charge on any atom is -0.356 e. The van der Waals surface area contributed by atoms with Crippen LogP contribution in [0.1, 0.15) is 25.7 Å². The summed E-state index contributed by atoms with van der Waals surface area (Å²) in [5.41, 5.74) is 0. The van der Waals surface area contributed by atoms with Gasteiger partial charge >= 0.3 is 0 Å². The molecule has 3 fully saturated rings. The molecule has 0 aromatic rings. The quantitative estimate of drug-likeness (QED) is 0.773. The highest BCUT2D eigenvalue weighted by molar-refractivity contribution is 7.99. The van der Waals surface area contributed by atoms with E-state index in [0.29, 0.717) is 18.0 Å². The van der Waals surface area contributed by atoms with Crippen LogP contribution in [0.5, 0.6) is 0 Å². The first-order chi connectivity index (χ1) is 7.83. The molecular formula is C12H20N2OS. The third kappa shape index (κ3) is 2.09. The maximum atomic E-state index is 12.0. The fraction of sp³-hybridized carbons (Fsp3) is 0.917. The van der Waals surface area contributed by atoms with Gasteiger partial charge in [0, 0.05) is 18.6 Å². The average molecular weight is 240 g/mol. The molecule has 16 heavy (non-hydrogen) atoms. The second-order valence-electron chi connectivity index (χ2n) is 5.36. The van der Waals surface area contributed by atoms with Crippen LogP contribution in [-0.2, 0) is 4.79 Å². The Morgan fingerprint density at radius 3 is 2.94 bits per heavy atom. The van der Waals surface area contributed by atoms with Crippen molar-refractivity contribution in [2.45, 2.75) is 37.8 Å². The van der Waals surface area contributed by atoms with Gasteiger partial charge in [-0.25, -0.2) is 0 Å². The summed E-state index contributed by atoms with van der Waals surface area (Å²) in [6.45, 7) is 0.902. The van der Waals surface area contributed by atoms with Gasteiger partial charge in [-0.1, -0.05) is 0 Å². The molecule has 3 heterocycles. The maximum absolute atomic E-state index is 12.0. The SMILES string of the molecule is O=C(NCC1CCSC1)C1CC2CCC1N2. The summed E-state index contributed by atoms with van der Waals surface area (Å²) in [4.78, 5) is 12.0. The van der Waals surface area contributed by atoms with Crippen LogP contribution in [0.2, 0.25) is 0 Å². The predicted molar refractivity (Wildman–Crippen MR) is 66.5 cm³/mol. The molecule has 3 saturated heterocycles. The van der Waals surface area contributed by atoms with Crippen LogP contribution in [-0.4, -0.2) is 36.0 Å². The van der Waals surface area contributed by atoms with E-state index in [1.165, 1.54) is 30.8 Å². The van der Waals surface area contributed by atoms with Crippen LogP contribution >= 0.6 is 11.8 Å². The molecule has 90 valence electrons. The molecule has 3 nitrogen and oxygen atoms in total. The van der Waals surface area contributed by atoms with Crippen molar-refractivity contribution in [3.05, 3.63) is 0 Å². The van der Waals surface area contributed by atoms with E-state index in [-0.39, 0.29) is 5.92 Å². The van der Waals surface area contributed by atoms with Gasteiger partial charge in [0.05, 0.1) is 5.92 Å². The summed E-state index contributed by atoms with van der Waals surface area (Å²) in [7, 11) is 0. The van der Waals surface area contributed by atoms with Gasteiger partial charge in [0.1, 0.15) is 0 Å². The van der Waals surface area contributed by atoms with Gasteiger partial charge in [0.15, 0.2) is 0 Å². The summed E-state index contributed by atoms with van der Waals surface area (Å²) < 4.78 is 0. The molecule has 3 aliphatic heterocycles. The van der Waals surface area contributed by atoms with Gasteiger partial charge in [-0.3, -0.25) is 4.79 Å².